The number of amides is 1. The molecule has 2 aliphatic rings. The first kappa shape index (κ1) is 22.5. The molecule has 0 aliphatic carbocycles. The van der Waals surface area contributed by atoms with Crippen molar-refractivity contribution >= 4 is 33.2 Å². The summed E-state index contributed by atoms with van der Waals surface area (Å²) in [6.45, 7) is 4.65. The van der Waals surface area contributed by atoms with Gasteiger partial charge in [-0.3, -0.25) is 4.79 Å². The van der Waals surface area contributed by atoms with Crippen LogP contribution < -0.4 is 14.8 Å². The lowest BCUT2D eigenvalue weighted by atomic mass is 10.0. The van der Waals surface area contributed by atoms with Gasteiger partial charge in [-0.15, -0.1) is 0 Å². The summed E-state index contributed by atoms with van der Waals surface area (Å²) in [6, 6.07) is 3.74. The first-order valence-corrected chi connectivity index (χ1v) is 11.3. The second kappa shape index (κ2) is 8.54. The van der Waals surface area contributed by atoms with Gasteiger partial charge in [-0.25, -0.2) is 12.8 Å². The van der Waals surface area contributed by atoms with E-state index >= 15 is 0 Å². The third-order valence-corrected chi connectivity index (χ3v) is 6.59. The van der Waals surface area contributed by atoms with E-state index in [-0.39, 0.29) is 40.3 Å². The van der Waals surface area contributed by atoms with E-state index < -0.39 is 27.3 Å². The van der Waals surface area contributed by atoms with Gasteiger partial charge in [0.1, 0.15) is 17.3 Å². The number of aromatic nitrogens is 1. The average molecular weight is 460 g/mol. The number of nitrogens with one attached hydrogen (secondary N) is 2. The highest BCUT2D eigenvalue weighted by molar-refractivity contribution is 7.89. The fraction of sp³-hybridized carbons (Fsp3) is 0.421. The van der Waals surface area contributed by atoms with Crippen molar-refractivity contribution in [3.05, 3.63) is 40.9 Å². The molecule has 4 rings (SSSR count). The number of anilines is 1. The van der Waals surface area contributed by atoms with E-state index in [1.807, 2.05) is 13.8 Å². The van der Waals surface area contributed by atoms with E-state index in [0.29, 0.717) is 13.0 Å². The maximum Gasteiger partial charge on any atom is 0.276 e. The van der Waals surface area contributed by atoms with E-state index in [1.165, 1.54) is 29.9 Å². The molecule has 1 unspecified atom stereocenters. The minimum atomic E-state index is -3.92. The fourth-order valence-electron chi connectivity index (χ4n) is 3.32. The maximum absolute atomic E-state index is 13.3. The largest absolute Gasteiger partial charge is 0.488 e. The van der Waals surface area contributed by atoms with Gasteiger partial charge in [-0.1, -0.05) is 25.4 Å². The lowest BCUT2D eigenvalue weighted by Crippen LogP contribution is -2.51. The second-order valence-electron chi connectivity index (χ2n) is 6.84. The van der Waals surface area contributed by atoms with Crippen molar-refractivity contribution in [3.63, 3.8) is 0 Å². The third-order valence-electron chi connectivity index (χ3n) is 4.73. The minimum Gasteiger partial charge on any atom is -0.488 e. The van der Waals surface area contributed by atoms with Gasteiger partial charge in [-0.05, 0) is 24.6 Å². The SMILES string of the molecule is CC.Cn1cc2c(c1C(=O)Nc1ccc(F)c(Cl)c1)OCC1(CCOC1)NS2(=O)=O. The van der Waals surface area contributed by atoms with Crippen molar-refractivity contribution in [1.82, 2.24) is 9.29 Å². The molecule has 0 saturated carbocycles. The van der Waals surface area contributed by atoms with Gasteiger partial charge in [-0.2, -0.15) is 4.72 Å². The van der Waals surface area contributed by atoms with Gasteiger partial charge in [0.2, 0.25) is 10.0 Å². The molecule has 30 heavy (non-hydrogen) atoms. The highest BCUT2D eigenvalue weighted by Gasteiger charge is 2.45. The number of rotatable bonds is 2. The summed E-state index contributed by atoms with van der Waals surface area (Å²) in [5.41, 5.74) is -0.569. The van der Waals surface area contributed by atoms with Gasteiger partial charge < -0.3 is 19.4 Å². The predicted octanol–water partition coefficient (Wildman–Crippen LogP) is 2.93. The Kier molecular flexibility index (Phi) is 6.42. The number of hydrogen-bond acceptors (Lipinski definition) is 5. The molecule has 0 bridgehead atoms. The molecule has 2 aromatic rings. The number of halogens is 2. The molecule has 0 radical (unpaired) electrons. The number of sulfonamides is 1. The topological polar surface area (TPSA) is 98.7 Å². The lowest BCUT2D eigenvalue weighted by molar-refractivity contribution is 0.101. The Hall–Kier alpha value is -2.14. The Morgan fingerprint density at radius 2 is 2.07 bits per heavy atom. The van der Waals surface area contributed by atoms with Crippen molar-refractivity contribution < 1.29 is 27.1 Å². The Morgan fingerprint density at radius 3 is 2.70 bits per heavy atom. The Bertz CT molecular complexity index is 1060. The quantitative estimate of drug-likeness (QED) is 0.719. The van der Waals surface area contributed by atoms with Crippen molar-refractivity contribution in [1.29, 1.82) is 0 Å². The molecular weight excluding hydrogens is 437 g/mol. The number of fused-ring (bicyclic) bond motifs is 1. The van der Waals surface area contributed by atoms with Crippen LogP contribution in [0.25, 0.3) is 0 Å². The van der Waals surface area contributed by atoms with Crippen LogP contribution in [0.4, 0.5) is 10.1 Å². The van der Waals surface area contributed by atoms with Crippen LogP contribution in [0, 0.1) is 5.82 Å². The molecular formula is C19H23ClFN3O5S. The molecule has 2 aliphatic heterocycles. The average Bonchev–Trinajstić information content (AvgIpc) is 3.26. The van der Waals surface area contributed by atoms with Gasteiger partial charge in [0.15, 0.2) is 11.4 Å². The highest BCUT2D eigenvalue weighted by atomic mass is 35.5. The van der Waals surface area contributed by atoms with E-state index in [9.17, 15) is 17.6 Å². The van der Waals surface area contributed by atoms with Gasteiger partial charge >= 0.3 is 0 Å². The fourth-order valence-corrected chi connectivity index (χ4v) is 5.09. The van der Waals surface area contributed by atoms with E-state index in [1.54, 1.807) is 0 Å². The van der Waals surface area contributed by atoms with Gasteiger partial charge in [0, 0.05) is 25.5 Å². The normalized spacial score (nSPS) is 21.8. The van der Waals surface area contributed by atoms with Crippen molar-refractivity contribution in [3.8, 4) is 5.75 Å². The van der Waals surface area contributed by atoms with Gasteiger partial charge in [0.25, 0.3) is 5.91 Å². The number of carbonyl (C=O) groups excluding carboxylic acids is 1. The molecule has 11 heteroatoms. The molecule has 1 amide bonds. The highest BCUT2D eigenvalue weighted by Crippen LogP contribution is 2.36. The summed E-state index contributed by atoms with van der Waals surface area (Å²) in [7, 11) is -2.38. The molecule has 1 fully saturated rings. The van der Waals surface area contributed by atoms with Crippen LogP contribution in [0.5, 0.6) is 5.75 Å². The molecule has 164 valence electrons. The van der Waals surface area contributed by atoms with Crippen LogP contribution in [0.3, 0.4) is 0 Å². The van der Waals surface area contributed by atoms with E-state index in [0.717, 1.165) is 6.07 Å². The Balaban J connectivity index is 0.00000124. The zero-order valence-electron chi connectivity index (χ0n) is 16.8. The smallest absolute Gasteiger partial charge is 0.276 e. The molecule has 2 N–H and O–H groups in total. The standard InChI is InChI=1S/C17H17ClFN3O5S.C2H6/c1-22-7-13-15(27-9-17(4-5-26-8-17)21-28(13,24)25)14(22)16(23)20-10-2-3-12(19)11(18)6-10;1-2/h2-3,6-7,21H,4-5,8-9H2,1H3,(H,20,23);1-2H3. The van der Waals surface area contributed by atoms with Crippen LogP contribution in [-0.4, -0.2) is 44.3 Å². The minimum absolute atomic E-state index is 0.0248. The van der Waals surface area contributed by atoms with Gasteiger partial charge in [0.05, 0.1) is 17.2 Å². The molecule has 1 saturated heterocycles. The van der Waals surface area contributed by atoms with Crippen LogP contribution in [0.2, 0.25) is 5.02 Å². The second-order valence-corrected chi connectivity index (χ2v) is 8.90. The zero-order valence-corrected chi connectivity index (χ0v) is 18.4. The van der Waals surface area contributed by atoms with Crippen LogP contribution in [-0.2, 0) is 21.8 Å². The predicted molar refractivity (Wildman–Crippen MR) is 110 cm³/mol. The third kappa shape index (κ3) is 4.18. The van der Waals surface area contributed by atoms with Crippen molar-refractivity contribution in [2.45, 2.75) is 30.7 Å². The summed E-state index contributed by atoms with van der Waals surface area (Å²) in [6.07, 6.45) is 1.79. The van der Waals surface area contributed by atoms with Crippen molar-refractivity contribution in [2.24, 2.45) is 7.05 Å². The number of carbonyl (C=O) groups is 1. The van der Waals surface area contributed by atoms with Crippen molar-refractivity contribution in [2.75, 3.05) is 25.1 Å². The number of hydrogen-bond donors (Lipinski definition) is 2. The van der Waals surface area contributed by atoms with E-state index in [2.05, 4.69) is 10.0 Å². The molecule has 1 spiro atoms. The Labute approximate surface area is 179 Å². The zero-order chi connectivity index (χ0) is 22.1. The molecule has 1 aromatic carbocycles. The van der Waals surface area contributed by atoms with Crippen LogP contribution in [0.1, 0.15) is 30.8 Å². The summed E-state index contributed by atoms with van der Waals surface area (Å²) < 4.78 is 54.1. The number of aryl methyl sites for hydroxylation is 1. The monoisotopic (exact) mass is 459 g/mol. The molecule has 3 heterocycles. The molecule has 8 nitrogen and oxygen atoms in total. The maximum atomic E-state index is 13.3. The summed E-state index contributed by atoms with van der Waals surface area (Å²) in [5, 5.41) is 2.44. The van der Waals surface area contributed by atoms with Crippen LogP contribution in [0.15, 0.2) is 29.3 Å². The summed E-state index contributed by atoms with van der Waals surface area (Å²) in [4.78, 5) is 12.7. The first-order valence-electron chi connectivity index (χ1n) is 9.41. The summed E-state index contributed by atoms with van der Waals surface area (Å²) >= 11 is 5.74. The number of benzene rings is 1. The Morgan fingerprint density at radius 1 is 1.33 bits per heavy atom. The lowest BCUT2D eigenvalue weighted by Gasteiger charge is -2.25. The van der Waals surface area contributed by atoms with Crippen LogP contribution >= 0.6 is 11.6 Å². The van der Waals surface area contributed by atoms with E-state index in [4.69, 9.17) is 21.1 Å². The number of nitrogens with zero attached hydrogens (tertiary/aromatic N) is 1. The molecule has 1 aromatic heterocycles. The first-order chi connectivity index (χ1) is 14.2. The number of ether oxygens (including phenoxy) is 2. The molecule has 1 atom stereocenters. The summed E-state index contributed by atoms with van der Waals surface area (Å²) in [5.74, 6) is -1.26.